The van der Waals surface area contributed by atoms with Crippen molar-refractivity contribution in [3.05, 3.63) is 71.4 Å². The van der Waals surface area contributed by atoms with Gasteiger partial charge >= 0.3 is 0 Å². The lowest BCUT2D eigenvalue weighted by Gasteiger charge is -2.14. The van der Waals surface area contributed by atoms with E-state index in [0.717, 1.165) is 40.0 Å². The van der Waals surface area contributed by atoms with E-state index in [2.05, 4.69) is 60.8 Å². The quantitative estimate of drug-likeness (QED) is 0.370. The van der Waals surface area contributed by atoms with Crippen molar-refractivity contribution in [1.29, 1.82) is 0 Å². The molecule has 0 saturated heterocycles. The Morgan fingerprint density at radius 2 is 1.90 bits per heavy atom. The van der Waals surface area contributed by atoms with Crippen LogP contribution in [-0.4, -0.2) is 22.6 Å². The molecule has 4 nitrogen and oxygen atoms in total. The molecule has 2 heterocycles. The highest BCUT2D eigenvalue weighted by molar-refractivity contribution is 6.31. The molecule has 0 amide bonds. The molecule has 0 fully saturated rings. The molecule has 0 aliphatic heterocycles. The van der Waals surface area contributed by atoms with Gasteiger partial charge in [-0.15, -0.1) is 0 Å². The molecule has 0 atom stereocenters. The van der Waals surface area contributed by atoms with Crippen molar-refractivity contribution in [2.24, 2.45) is 5.73 Å². The highest BCUT2D eigenvalue weighted by atomic mass is 35.5. The minimum atomic E-state index is 0.541. The lowest BCUT2D eigenvalue weighted by atomic mass is 10.0. The molecular formula is C26H31ClN4. The minimum Gasteiger partial charge on any atom is -0.384 e. The van der Waals surface area contributed by atoms with Crippen LogP contribution in [0.1, 0.15) is 31.9 Å². The summed E-state index contributed by atoms with van der Waals surface area (Å²) in [6.45, 7) is 14.6. The third-order valence-electron chi connectivity index (χ3n) is 5.23. The lowest BCUT2D eigenvalue weighted by molar-refractivity contribution is 0.798. The summed E-state index contributed by atoms with van der Waals surface area (Å²) < 4.78 is 2.26. The summed E-state index contributed by atoms with van der Waals surface area (Å²) in [6, 6.07) is 14.4. The number of nitrogens with two attached hydrogens (primary N) is 1. The number of fused-ring (bicyclic) bond motifs is 2. The summed E-state index contributed by atoms with van der Waals surface area (Å²) >= 11 is 6.27. The smallest absolute Gasteiger partial charge is 0.0738 e. The summed E-state index contributed by atoms with van der Waals surface area (Å²) in [7, 11) is 0. The van der Waals surface area contributed by atoms with Crippen molar-refractivity contribution in [1.82, 2.24) is 14.9 Å². The van der Waals surface area contributed by atoms with E-state index in [9.17, 15) is 0 Å². The zero-order chi connectivity index (χ0) is 22.5. The molecular weight excluding hydrogens is 404 g/mol. The molecule has 0 unspecified atom stereocenters. The molecule has 0 aliphatic carbocycles. The van der Waals surface area contributed by atoms with Crippen molar-refractivity contribution in [3.8, 4) is 11.3 Å². The maximum absolute atomic E-state index is 6.27. The van der Waals surface area contributed by atoms with Gasteiger partial charge in [0.05, 0.1) is 11.2 Å². The molecule has 0 spiro atoms. The van der Waals surface area contributed by atoms with Gasteiger partial charge in [-0.3, -0.25) is 0 Å². The molecule has 4 aromatic rings. The predicted octanol–water partition coefficient (Wildman–Crippen LogP) is 6.38. The first-order valence-electron chi connectivity index (χ1n) is 10.8. The first-order valence-corrected chi connectivity index (χ1v) is 11.2. The number of hydrogen-bond acceptors (Lipinski definition) is 3. The number of nitrogens with one attached hydrogen (secondary N) is 1. The molecule has 162 valence electrons. The molecule has 5 heteroatoms. The van der Waals surface area contributed by atoms with E-state index in [1.807, 2.05) is 32.0 Å². The van der Waals surface area contributed by atoms with Gasteiger partial charge in [0.2, 0.25) is 0 Å². The number of aryl methyl sites for hydroxylation is 2. The SMILES string of the molecule is C=C(NCCN)c1cc(-c2cn(CC)c3ccc(C)cc23)nc2ccc(Cl)cc12.CC. The molecule has 0 bridgehead atoms. The topological polar surface area (TPSA) is 55.9 Å². The molecule has 4 rings (SSSR count). The van der Waals surface area contributed by atoms with Crippen LogP contribution in [0.15, 0.2) is 55.2 Å². The summed E-state index contributed by atoms with van der Waals surface area (Å²) in [4.78, 5) is 4.97. The van der Waals surface area contributed by atoms with Gasteiger partial charge in [-0.2, -0.15) is 0 Å². The highest BCUT2D eigenvalue weighted by Crippen LogP contribution is 2.34. The molecule has 31 heavy (non-hydrogen) atoms. The molecule has 0 aliphatic rings. The number of rotatable bonds is 6. The Balaban J connectivity index is 0.00000132. The van der Waals surface area contributed by atoms with E-state index >= 15 is 0 Å². The summed E-state index contributed by atoms with van der Waals surface area (Å²) in [5.41, 5.74) is 12.9. The van der Waals surface area contributed by atoms with Crippen LogP contribution in [0.3, 0.4) is 0 Å². The number of hydrogen-bond donors (Lipinski definition) is 2. The first-order chi connectivity index (χ1) is 15.0. The van der Waals surface area contributed by atoms with Crippen molar-refractivity contribution < 1.29 is 0 Å². The third-order valence-corrected chi connectivity index (χ3v) is 5.47. The summed E-state index contributed by atoms with van der Waals surface area (Å²) in [5, 5.41) is 6.17. The zero-order valence-electron chi connectivity index (χ0n) is 18.8. The van der Waals surface area contributed by atoms with Crippen LogP contribution in [0.2, 0.25) is 5.02 Å². The van der Waals surface area contributed by atoms with E-state index < -0.39 is 0 Å². The Labute approximate surface area is 189 Å². The van der Waals surface area contributed by atoms with Crippen LogP contribution in [0.4, 0.5) is 0 Å². The van der Waals surface area contributed by atoms with E-state index in [4.69, 9.17) is 22.3 Å². The number of halogens is 1. The van der Waals surface area contributed by atoms with Gasteiger partial charge in [0, 0.05) is 64.0 Å². The number of aromatic nitrogens is 2. The standard InChI is InChI=1S/C24H25ClN4.C2H6/c1-4-29-14-21(20-11-15(2)5-8-24(20)29)23-13-18(16(3)27-10-9-26)19-12-17(25)6-7-22(19)28-23;1-2/h5-8,11-14,27H,3-4,9-10,26H2,1-2H3;1-2H3. The maximum atomic E-state index is 6.27. The second-order valence-corrected chi connectivity index (χ2v) is 7.70. The van der Waals surface area contributed by atoms with E-state index in [1.165, 1.54) is 16.5 Å². The lowest BCUT2D eigenvalue weighted by Crippen LogP contribution is -2.20. The molecule has 0 radical (unpaired) electrons. The van der Waals surface area contributed by atoms with Crippen LogP contribution >= 0.6 is 11.6 Å². The van der Waals surface area contributed by atoms with Crippen LogP contribution in [0.5, 0.6) is 0 Å². The Kier molecular flexibility index (Phi) is 7.37. The predicted molar refractivity (Wildman–Crippen MR) is 136 cm³/mol. The fraction of sp³-hybridized carbons (Fsp3) is 0.269. The Bertz CT molecular complexity index is 1220. The maximum Gasteiger partial charge on any atom is 0.0738 e. The van der Waals surface area contributed by atoms with E-state index in [-0.39, 0.29) is 0 Å². The number of nitrogens with zero attached hydrogens (tertiary/aromatic N) is 2. The van der Waals surface area contributed by atoms with Gasteiger partial charge in [-0.1, -0.05) is 43.7 Å². The average Bonchev–Trinajstić information content (AvgIpc) is 3.15. The third kappa shape index (κ3) is 4.60. The Morgan fingerprint density at radius 3 is 2.61 bits per heavy atom. The van der Waals surface area contributed by atoms with Crippen molar-refractivity contribution in [3.63, 3.8) is 0 Å². The van der Waals surface area contributed by atoms with Gasteiger partial charge in [0.25, 0.3) is 0 Å². The van der Waals surface area contributed by atoms with Crippen molar-refractivity contribution in [2.75, 3.05) is 13.1 Å². The molecule has 0 saturated carbocycles. The fourth-order valence-corrected chi connectivity index (χ4v) is 3.95. The van der Waals surface area contributed by atoms with E-state index in [0.29, 0.717) is 18.1 Å². The Hall–Kier alpha value is -2.82. The second-order valence-electron chi connectivity index (χ2n) is 7.26. The van der Waals surface area contributed by atoms with Crippen LogP contribution in [-0.2, 0) is 6.54 Å². The number of benzene rings is 2. The average molecular weight is 435 g/mol. The van der Waals surface area contributed by atoms with Crippen molar-refractivity contribution >= 4 is 39.1 Å². The van der Waals surface area contributed by atoms with Crippen LogP contribution in [0.25, 0.3) is 38.8 Å². The first kappa shape index (κ1) is 22.9. The Morgan fingerprint density at radius 1 is 1.13 bits per heavy atom. The molecule has 2 aromatic heterocycles. The second kappa shape index (κ2) is 9.99. The van der Waals surface area contributed by atoms with Crippen LogP contribution in [0, 0.1) is 6.92 Å². The zero-order valence-corrected chi connectivity index (χ0v) is 19.6. The van der Waals surface area contributed by atoms with Crippen molar-refractivity contribution in [2.45, 2.75) is 34.2 Å². The fourth-order valence-electron chi connectivity index (χ4n) is 3.78. The largest absolute Gasteiger partial charge is 0.384 e. The van der Waals surface area contributed by atoms with Crippen LogP contribution < -0.4 is 11.1 Å². The summed E-state index contributed by atoms with van der Waals surface area (Å²) in [6.07, 6.45) is 2.19. The monoisotopic (exact) mass is 434 g/mol. The molecule has 2 aromatic carbocycles. The van der Waals surface area contributed by atoms with Gasteiger partial charge < -0.3 is 15.6 Å². The van der Waals surface area contributed by atoms with E-state index in [1.54, 1.807) is 0 Å². The minimum absolute atomic E-state index is 0.541. The highest BCUT2D eigenvalue weighted by Gasteiger charge is 2.15. The summed E-state index contributed by atoms with van der Waals surface area (Å²) in [5.74, 6) is 0. The van der Waals surface area contributed by atoms with Gasteiger partial charge in [-0.25, -0.2) is 4.98 Å². The van der Waals surface area contributed by atoms with Gasteiger partial charge in [-0.05, 0) is 50.2 Å². The van der Waals surface area contributed by atoms with Gasteiger partial charge in [0.1, 0.15) is 0 Å². The normalized spacial score (nSPS) is 10.8. The molecule has 3 N–H and O–H groups in total. The van der Waals surface area contributed by atoms with Gasteiger partial charge in [0.15, 0.2) is 0 Å². The number of pyridine rings is 1.